The van der Waals surface area contributed by atoms with Gasteiger partial charge in [-0.1, -0.05) is 12.1 Å². The van der Waals surface area contributed by atoms with Gasteiger partial charge < -0.3 is 15.5 Å². The lowest BCUT2D eigenvalue weighted by Gasteiger charge is -2.26. The maximum absolute atomic E-state index is 13.0. The van der Waals surface area contributed by atoms with Crippen LogP contribution in [0, 0.1) is 5.82 Å². The lowest BCUT2D eigenvalue weighted by molar-refractivity contribution is -0.121. The number of likely N-dealkylation sites (N-methyl/N-ethyl adjacent to an activating group) is 1. The average Bonchev–Trinajstić information content (AvgIpc) is 2.50. The Bertz CT molecular complexity index is 475. The number of carbonyl (C=O) groups is 1. The summed E-state index contributed by atoms with van der Waals surface area (Å²) in [6.45, 7) is 1.50. The number of nitrogens with one attached hydrogen (secondary N) is 2. The van der Waals surface area contributed by atoms with E-state index >= 15 is 0 Å². The van der Waals surface area contributed by atoms with Gasteiger partial charge in [0.05, 0.1) is 6.04 Å². The second kappa shape index (κ2) is 8.50. The number of carbonyl (C=O) groups excluding carboxylic acids is 1. The number of rotatable bonds is 6. The van der Waals surface area contributed by atoms with Crippen molar-refractivity contribution in [2.24, 2.45) is 0 Å². The maximum Gasteiger partial charge on any atom is 0.221 e. The molecular formula is C16H24FN3OS. The molecule has 1 aliphatic rings. The molecule has 2 unspecified atom stereocenters. The van der Waals surface area contributed by atoms with Gasteiger partial charge in [0.2, 0.25) is 5.91 Å². The molecule has 0 aliphatic carbocycles. The molecule has 2 atom stereocenters. The van der Waals surface area contributed by atoms with E-state index in [1.54, 1.807) is 12.1 Å². The molecule has 2 rings (SSSR count). The largest absolute Gasteiger partial charge is 0.354 e. The first kappa shape index (κ1) is 17.2. The van der Waals surface area contributed by atoms with Crippen LogP contribution < -0.4 is 10.6 Å². The fourth-order valence-electron chi connectivity index (χ4n) is 2.54. The van der Waals surface area contributed by atoms with Crippen molar-refractivity contribution in [1.29, 1.82) is 0 Å². The molecule has 1 amide bonds. The first-order valence-corrected chi connectivity index (χ1v) is 8.71. The number of amides is 1. The summed E-state index contributed by atoms with van der Waals surface area (Å²) in [5.41, 5.74) is 0.998. The topological polar surface area (TPSA) is 44.4 Å². The summed E-state index contributed by atoms with van der Waals surface area (Å²) in [7, 11) is 3.92. The van der Waals surface area contributed by atoms with Gasteiger partial charge in [-0.3, -0.25) is 4.79 Å². The molecule has 2 N–H and O–H groups in total. The molecule has 1 aromatic rings. The van der Waals surface area contributed by atoms with E-state index in [0.29, 0.717) is 13.0 Å². The highest BCUT2D eigenvalue weighted by molar-refractivity contribution is 7.99. The quantitative estimate of drug-likeness (QED) is 0.835. The van der Waals surface area contributed by atoms with Gasteiger partial charge in [-0.15, -0.1) is 0 Å². The third kappa shape index (κ3) is 5.26. The minimum atomic E-state index is -0.244. The Balaban J connectivity index is 1.85. The molecule has 6 heteroatoms. The van der Waals surface area contributed by atoms with Crippen LogP contribution in [0.5, 0.6) is 0 Å². The van der Waals surface area contributed by atoms with Crippen LogP contribution in [-0.4, -0.2) is 55.5 Å². The highest BCUT2D eigenvalue weighted by Crippen LogP contribution is 2.18. The van der Waals surface area contributed by atoms with Crippen molar-refractivity contribution < 1.29 is 9.18 Å². The van der Waals surface area contributed by atoms with E-state index in [9.17, 15) is 9.18 Å². The summed E-state index contributed by atoms with van der Waals surface area (Å²) < 4.78 is 13.0. The first-order chi connectivity index (χ1) is 10.6. The van der Waals surface area contributed by atoms with Crippen molar-refractivity contribution >= 4 is 17.7 Å². The number of hydrogen-bond acceptors (Lipinski definition) is 4. The van der Waals surface area contributed by atoms with E-state index in [4.69, 9.17) is 0 Å². The van der Waals surface area contributed by atoms with Gasteiger partial charge in [0, 0.05) is 37.1 Å². The van der Waals surface area contributed by atoms with Gasteiger partial charge in [0.15, 0.2) is 0 Å². The summed E-state index contributed by atoms with van der Waals surface area (Å²) in [6.07, 6.45) is 0.510. The molecule has 0 radical (unpaired) electrons. The fraction of sp³-hybridized carbons (Fsp3) is 0.562. The SMILES string of the molecule is CN(C)C(CNC(=O)CC1CSCCN1)c1ccc(F)cc1. The molecule has 0 spiro atoms. The molecule has 0 bridgehead atoms. The zero-order valence-corrected chi connectivity index (χ0v) is 14.0. The number of hydrogen-bond donors (Lipinski definition) is 2. The predicted octanol–water partition coefficient (Wildman–Crippen LogP) is 1.64. The normalized spacial score (nSPS) is 19.9. The molecule has 1 aromatic carbocycles. The van der Waals surface area contributed by atoms with Crippen molar-refractivity contribution in [2.75, 3.05) is 38.7 Å². The van der Waals surface area contributed by atoms with Crippen molar-refractivity contribution in [3.63, 3.8) is 0 Å². The van der Waals surface area contributed by atoms with Gasteiger partial charge in [0.1, 0.15) is 5.82 Å². The summed E-state index contributed by atoms with van der Waals surface area (Å²) >= 11 is 1.89. The van der Waals surface area contributed by atoms with E-state index in [1.807, 2.05) is 30.8 Å². The van der Waals surface area contributed by atoms with E-state index in [0.717, 1.165) is 23.6 Å². The molecule has 1 aliphatic heterocycles. The average molecular weight is 325 g/mol. The highest BCUT2D eigenvalue weighted by atomic mass is 32.2. The Morgan fingerprint density at radius 3 is 2.77 bits per heavy atom. The van der Waals surface area contributed by atoms with Crippen LogP contribution in [0.1, 0.15) is 18.0 Å². The van der Waals surface area contributed by atoms with E-state index in [2.05, 4.69) is 10.6 Å². The Labute approximate surface area is 135 Å². The van der Waals surface area contributed by atoms with Crippen LogP contribution in [0.3, 0.4) is 0 Å². The molecule has 22 heavy (non-hydrogen) atoms. The Kier molecular flexibility index (Phi) is 6.67. The second-order valence-corrected chi connectivity index (χ2v) is 6.91. The van der Waals surface area contributed by atoms with E-state index < -0.39 is 0 Å². The summed E-state index contributed by atoms with van der Waals surface area (Å²) in [4.78, 5) is 14.1. The molecule has 1 fully saturated rings. The third-order valence-corrected chi connectivity index (χ3v) is 4.93. The monoisotopic (exact) mass is 325 g/mol. The molecule has 1 heterocycles. The molecule has 1 saturated heterocycles. The number of thioether (sulfide) groups is 1. The third-order valence-electron chi connectivity index (χ3n) is 3.80. The van der Waals surface area contributed by atoms with Gasteiger partial charge in [-0.2, -0.15) is 11.8 Å². The van der Waals surface area contributed by atoms with E-state index in [1.165, 1.54) is 12.1 Å². The summed E-state index contributed by atoms with van der Waals surface area (Å²) in [5.74, 6) is 1.92. The minimum absolute atomic E-state index is 0.0400. The Morgan fingerprint density at radius 1 is 1.45 bits per heavy atom. The minimum Gasteiger partial charge on any atom is -0.354 e. The highest BCUT2D eigenvalue weighted by Gasteiger charge is 2.19. The Morgan fingerprint density at radius 2 is 2.18 bits per heavy atom. The van der Waals surface area contributed by atoms with Gasteiger partial charge in [-0.05, 0) is 31.8 Å². The first-order valence-electron chi connectivity index (χ1n) is 7.56. The van der Waals surface area contributed by atoms with Crippen molar-refractivity contribution in [2.45, 2.75) is 18.5 Å². The lowest BCUT2D eigenvalue weighted by Crippen LogP contribution is -2.42. The van der Waals surface area contributed by atoms with Crippen LogP contribution in [0.2, 0.25) is 0 Å². The van der Waals surface area contributed by atoms with E-state index in [-0.39, 0.29) is 23.8 Å². The number of halogens is 1. The zero-order chi connectivity index (χ0) is 15.9. The lowest BCUT2D eigenvalue weighted by atomic mass is 10.1. The van der Waals surface area contributed by atoms with Crippen molar-refractivity contribution in [3.05, 3.63) is 35.6 Å². The van der Waals surface area contributed by atoms with Gasteiger partial charge in [-0.25, -0.2) is 4.39 Å². The molecule has 0 saturated carbocycles. The molecule has 0 aromatic heterocycles. The van der Waals surface area contributed by atoms with Crippen LogP contribution in [0.25, 0.3) is 0 Å². The van der Waals surface area contributed by atoms with Gasteiger partial charge in [0.25, 0.3) is 0 Å². The summed E-state index contributed by atoms with van der Waals surface area (Å²) in [6, 6.07) is 6.76. The van der Waals surface area contributed by atoms with Gasteiger partial charge >= 0.3 is 0 Å². The number of benzene rings is 1. The Hall–Kier alpha value is -1.11. The summed E-state index contributed by atoms with van der Waals surface area (Å²) in [5, 5.41) is 6.37. The molecule has 4 nitrogen and oxygen atoms in total. The molecular weight excluding hydrogens is 301 g/mol. The maximum atomic E-state index is 13.0. The van der Waals surface area contributed by atoms with Crippen molar-refractivity contribution in [1.82, 2.24) is 15.5 Å². The standard InChI is InChI=1S/C16H24FN3OS/c1-20(2)15(12-3-5-13(17)6-4-12)10-19-16(21)9-14-11-22-8-7-18-14/h3-6,14-15,18H,7-11H2,1-2H3,(H,19,21). The second-order valence-electron chi connectivity index (χ2n) is 5.77. The fourth-order valence-corrected chi connectivity index (χ4v) is 3.49. The van der Waals surface area contributed by atoms with Crippen LogP contribution in [-0.2, 0) is 4.79 Å². The van der Waals surface area contributed by atoms with Crippen LogP contribution >= 0.6 is 11.8 Å². The predicted molar refractivity (Wildman–Crippen MR) is 89.6 cm³/mol. The number of nitrogens with zero attached hydrogens (tertiary/aromatic N) is 1. The van der Waals surface area contributed by atoms with Crippen LogP contribution in [0.15, 0.2) is 24.3 Å². The zero-order valence-electron chi connectivity index (χ0n) is 13.1. The molecule has 122 valence electrons. The smallest absolute Gasteiger partial charge is 0.221 e. The van der Waals surface area contributed by atoms with Crippen molar-refractivity contribution in [3.8, 4) is 0 Å². The van der Waals surface area contributed by atoms with Crippen LogP contribution in [0.4, 0.5) is 4.39 Å².